The van der Waals surface area contributed by atoms with Gasteiger partial charge in [0, 0.05) is 36.9 Å². The highest BCUT2D eigenvalue weighted by Gasteiger charge is 2.13. The predicted molar refractivity (Wildman–Crippen MR) is 90.8 cm³/mol. The van der Waals surface area contributed by atoms with Crippen LogP contribution >= 0.6 is 0 Å². The van der Waals surface area contributed by atoms with Crippen molar-refractivity contribution in [3.05, 3.63) is 60.2 Å². The Labute approximate surface area is 130 Å². The molecule has 1 aliphatic rings. The van der Waals surface area contributed by atoms with E-state index >= 15 is 0 Å². The average Bonchev–Trinajstić information content (AvgIpc) is 2.96. The van der Waals surface area contributed by atoms with Crippen molar-refractivity contribution < 1.29 is 0 Å². The van der Waals surface area contributed by atoms with Gasteiger partial charge in [-0.2, -0.15) is 0 Å². The topological polar surface area (TPSA) is 40.5 Å². The van der Waals surface area contributed by atoms with Crippen LogP contribution in [0.5, 0.6) is 0 Å². The quantitative estimate of drug-likeness (QED) is 0.881. The van der Waals surface area contributed by atoms with Crippen molar-refractivity contribution in [2.24, 2.45) is 4.99 Å². The SMILES string of the molecule is C=C=C(N=C1CCN(C)C1)NCc1ccnc2ccccc12. The molecule has 0 unspecified atom stereocenters. The van der Waals surface area contributed by atoms with Crippen LogP contribution in [0.25, 0.3) is 10.9 Å². The number of nitrogens with zero attached hydrogens (tertiary/aromatic N) is 3. The Bertz CT molecular complexity index is 751. The monoisotopic (exact) mass is 292 g/mol. The molecule has 4 heteroatoms. The molecular formula is C18H20N4. The normalized spacial score (nSPS) is 16.9. The molecule has 0 saturated carbocycles. The molecule has 4 nitrogen and oxygen atoms in total. The molecule has 0 bridgehead atoms. The number of benzene rings is 1. The van der Waals surface area contributed by atoms with Crippen molar-refractivity contribution >= 4 is 16.6 Å². The van der Waals surface area contributed by atoms with Gasteiger partial charge in [-0.1, -0.05) is 30.5 Å². The van der Waals surface area contributed by atoms with Crippen molar-refractivity contribution in [2.45, 2.75) is 13.0 Å². The zero-order chi connectivity index (χ0) is 15.4. The van der Waals surface area contributed by atoms with E-state index in [0.29, 0.717) is 12.4 Å². The predicted octanol–water partition coefficient (Wildman–Crippen LogP) is 2.73. The van der Waals surface area contributed by atoms with Crippen LogP contribution in [0.1, 0.15) is 12.0 Å². The molecule has 1 aromatic heterocycles. The Morgan fingerprint density at radius 2 is 2.27 bits per heavy atom. The first-order valence-corrected chi connectivity index (χ1v) is 7.48. The Kier molecular flexibility index (Phi) is 4.33. The Hall–Kier alpha value is -2.42. The molecule has 2 heterocycles. The number of hydrogen-bond donors (Lipinski definition) is 1. The second kappa shape index (κ2) is 6.56. The van der Waals surface area contributed by atoms with Gasteiger partial charge in [-0.3, -0.25) is 4.98 Å². The average molecular weight is 292 g/mol. The van der Waals surface area contributed by atoms with Gasteiger partial charge in [-0.15, -0.1) is 0 Å². The first kappa shape index (κ1) is 14.5. The number of likely N-dealkylation sites (tertiary alicyclic amines) is 1. The molecule has 3 rings (SSSR count). The standard InChI is InChI=1S/C18H20N4/c1-3-18(21-15-9-11-22(2)13-15)20-12-14-8-10-19-17-7-5-4-6-16(14)17/h4-8,10,20H,1,9,11-13H2,2H3. The second-order valence-electron chi connectivity index (χ2n) is 5.53. The molecule has 1 saturated heterocycles. The lowest BCUT2D eigenvalue weighted by Crippen LogP contribution is -2.16. The van der Waals surface area contributed by atoms with Crippen LogP contribution in [0, 0.1) is 0 Å². The maximum atomic E-state index is 4.63. The minimum atomic E-state index is 0.688. The summed E-state index contributed by atoms with van der Waals surface area (Å²) in [6.07, 6.45) is 2.86. The molecule has 0 atom stereocenters. The molecule has 1 aromatic carbocycles. The smallest absolute Gasteiger partial charge is 0.170 e. The van der Waals surface area contributed by atoms with Crippen LogP contribution in [0.15, 0.2) is 59.7 Å². The highest BCUT2D eigenvalue weighted by atomic mass is 15.1. The zero-order valence-corrected chi connectivity index (χ0v) is 12.8. The van der Waals surface area contributed by atoms with E-state index in [-0.39, 0.29) is 0 Å². The van der Waals surface area contributed by atoms with Crippen LogP contribution in [-0.2, 0) is 6.54 Å². The molecule has 0 radical (unpaired) electrons. The largest absolute Gasteiger partial charge is 0.359 e. The summed E-state index contributed by atoms with van der Waals surface area (Å²) < 4.78 is 0. The van der Waals surface area contributed by atoms with Gasteiger partial charge < -0.3 is 10.2 Å². The van der Waals surface area contributed by atoms with Crippen LogP contribution in [0.4, 0.5) is 0 Å². The fraction of sp³-hybridized carbons (Fsp3) is 0.278. The highest BCUT2D eigenvalue weighted by molar-refractivity contribution is 5.89. The fourth-order valence-electron chi connectivity index (χ4n) is 2.67. The summed E-state index contributed by atoms with van der Waals surface area (Å²) >= 11 is 0. The second-order valence-corrected chi connectivity index (χ2v) is 5.53. The summed E-state index contributed by atoms with van der Waals surface area (Å²) in [7, 11) is 2.11. The Morgan fingerprint density at radius 1 is 1.41 bits per heavy atom. The number of pyridine rings is 1. The first-order chi connectivity index (χ1) is 10.8. The molecule has 0 amide bonds. The summed E-state index contributed by atoms with van der Waals surface area (Å²) in [6.45, 7) is 6.42. The number of rotatable bonds is 4. The van der Waals surface area contributed by atoms with Gasteiger partial charge in [0.15, 0.2) is 5.82 Å². The third kappa shape index (κ3) is 3.25. The lowest BCUT2D eigenvalue weighted by molar-refractivity contribution is 0.428. The van der Waals surface area contributed by atoms with Gasteiger partial charge in [0.1, 0.15) is 0 Å². The van der Waals surface area contributed by atoms with Crippen molar-refractivity contribution in [3.63, 3.8) is 0 Å². The van der Waals surface area contributed by atoms with Crippen molar-refractivity contribution in [1.82, 2.24) is 15.2 Å². The third-order valence-corrected chi connectivity index (χ3v) is 3.86. The van der Waals surface area contributed by atoms with Crippen LogP contribution in [0.2, 0.25) is 0 Å². The molecule has 1 N–H and O–H groups in total. The number of aliphatic imine (C=N–C) groups is 1. The molecule has 0 spiro atoms. The van der Waals surface area contributed by atoms with E-state index < -0.39 is 0 Å². The van der Waals surface area contributed by atoms with Gasteiger partial charge in [0.25, 0.3) is 0 Å². The third-order valence-electron chi connectivity index (χ3n) is 3.86. The number of fused-ring (bicyclic) bond motifs is 1. The Morgan fingerprint density at radius 3 is 3.05 bits per heavy atom. The van der Waals surface area contributed by atoms with E-state index in [9.17, 15) is 0 Å². The van der Waals surface area contributed by atoms with E-state index in [2.05, 4.69) is 45.6 Å². The molecule has 112 valence electrons. The first-order valence-electron chi connectivity index (χ1n) is 7.48. The van der Waals surface area contributed by atoms with Crippen LogP contribution < -0.4 is 5.32 Å². The number of hydrogen-bond acceptors (Lipinski definition) is 4. The van der Waals surface area contributed by atoms with E-state index in [1.54, 1.807) is 0 Å². The Balaban J connectivity index is 1.74. The summed E-state index contributed by atoms with van der Waals surface area (Å²) in [5, 5.41) is 4.49. The maximum Gasteiger partial charge on any atom is 0.170 e. The molecule has 0 aliphatic carbocycles. The summed E-state index contributed by atoms with van der Waals surface area (Å²) in [4.78, 5) is 11.3. The molecule has 2 aromatic rings. The lowest BCUT2D eigenvalue weighted by Gasteiger charge is -2.09. The summed E-state index contributed by atoms with van der Waals surface area (Å²) in [5.74, 6) is 0.714. The van der Waals surface area contributed by atoms with Crippen LogP contribution in [-0.4, -0.2) is 35.7 Å². The molecular weight excluding hydrogens is 272 g/mol. The zero-order valence-electron chi connectivity index (χ0n) is 12.8. The van der Waals surface area contributed by atoms with E-state index in [1.807, 2.05) is 30.5 Å². The van der Waals surface area contributed by atoms with E-state index in [4.69, 9.17) is 0 Å². The summed E-state index contributed by atoms with van der Waals surface area (Å²) in [5.41, 5.74) is 6.28. The minimum Gasteiger partial charge on any atom is -0.359 e. The maximum absolute atomic E-state index is 4.63. The fourth-order valence-corrected chi connectivity index (χ4v) is 2.67. The van der Waals surface area contributed by atoms with Crippen LogP contribution in [0.3, 0.4) is 0 Å². The molecule has 1 fully saturated rings. The van der Waals surface area contributed by atoms with E-state index in [0.717, 1.165) is 30.4 Å². The molecule has 1 aliphatic heterocycles. The van der Waals surface area contributed by atoms with Gasteiger partial charge >= 0.3 is 0 Å². The van der Waals surface area contributed by atoms with Gasteiger partial charge in [0.2, 0.25) is 0 Å². The lowest BCUT2D eigenvalue weighted by atomic mass is 10.1. The van der Waals surface area contributed by atoms with Gasteiger partial charge in [0.05, 0.1) is 5.52 Å². The van der Waals surface area contributed by atoms with Gasteiger partial charge in [-0.05, 0) is 31.2 Å². The minimum absolute atomic E-state index is 0.688. The van der Waals surface area contributed by atoms with Crippen molar-refractivity contribution in [2.75, 3.05) is 20.1 Å². The number of para-hydroxylation sites is 1. The number of aromatic nitrogens is 1. The highest BCUT2D eigenvalue weighted by Crippen LogP contribution is 2.16. The summed E-state index contributed by atoms with van der Waals surface area (Å²) in [6, 6.07) is 10.2. The van der Waals surface area contributed by atoms with Gasteiger partial charge in [-0.25, -0.2) is 4.99 Å². The number of nitrogens with one attached hydrogen (secondary N) is 1. The van der Waals surface area contributed by atoms with Crippen molar-refractivity contribution in [3.8, 4) is 0 Å². The van der Waals surface area contributed by atoms with E-state index in [1.165, 1.54) is 11.3 Å². The van der Waals surface area contributed by atoms with Crippen molar-refractivity contribution in [1.29, 1.82) is 0 Å². The molecule has 22 heavy (non-hydrogen) atoms.